The molecule has 1 unspecified atom stereocenters. The smallest absolute Gasteiger partial charge is 0.238 e. The fourth-order valence-electron chi connectivity index (χ4n) is 2.76. The van der Waals surface area contributed by atoms with Crippen LogP contribution in [0.5, 0.6) is 0 Å². The van der Waals surface area contributed by atoms with Crippen LogP contribution in [-0.2, 0) is 4.79 Å². The summed E-state index contributed by atoms with van der Waals surface area (Å²) in [6.45, 7) is 2.77. The van der Waals surface area contributed by atoms with E-state index >= 15 is 0 Å². The molecule has 0 spiro atoms. The Morgan fingerprint density at radius 3 is 2.50 bits per heavy atom. The minimum Gasteiger partial charge on any atom is -0.325 e. The van der Waals surface area contributed by atoms with Crippen molar-refractivity contribution in [2.75, 3.05) is 11.9 Å². The number of carbonyl (C=O) groups is 1. The molecular formula is C16H21ClN2O. The highest BCUT2D eigenvalue weighted by Crippen LogP contribution is 2.39. The maximum absolute atomic E-state index is 12.2. The number of hydrogen-bond acceptors (Lipinski definition) is 2. The van der Waals surface area contributed by atoms with Crippen LogP contribution in [0.1, 0.15) is 32.6 Å². The Kier molecular flexibility index (Phi) is 3.99. The molecule has 0 radical (unpaired) electrons. The molecule has 4 heteroatoms. The average Bonchev–Trinajstić information content (AvgIpc) is 3.29. The third-order valence-corrected chi connectivity index (χ3v) is 4.55. The first-order valence-electron chi connectivity index (χ1n) is 7.44. The lowest BCUT2D eigenvalue weighted by molar-refractivity contribution is -0.118. The summed E-state index contributed by atoms with van der Waals surface area (Å²) in [7, 11) is 0. The molecule has 1 aromatic carbocycles. The van der Waals surface area contributed by atoms with E-state index in [1.54, 1.807) is 12.1 Å². The zero-order chi connectivity index (χ0) is 14.1. The van der Waals surface area contributed by atoms with Crippen LogP contribution >= 0.6 is 11.6 Å². The molecular weight excluding hydrogens is 272 g/mol. The van der Waals surface area contributed by atoms with E-state index < -0.39 is 0 Å². The molecule has 1 atom stereocenters. The second-order valence-corrected chi connectivity index (χ2v) is 6.47. The largest absolute Gasteiger partial charge is 0.325 e. The van der Waals surface area contributed by atoms with E-state index in [0.29, 0.717) is 23.7 Å². The Labute approximate surface area is 125 Å². The van der Waals surface area contributed by atoms with Crippen molar-refractivity contribution in [2.45, 2.75) is 44.7 Å². The zero-order valence-corrected chi connectivity index (χ0v) is 12.6. The summed E-state index contributed by atoms with van der Waals surface area (Å²) < 4.78 is 0. The molecule has 0 bridgehead atoms. The van der Waals surface area contributed by atoms with Gasteiger partial charge in [-0.2, -0.15) is 0 Å². The van der Waals surface area contributed by atoms with Crippen molar-refractivity contribution in [1.82, 2.24) is 4.90 Å². The van der Waals surface area contributed by atoms with Crippen molar-refractivity contribution in [2.24, 2.45) is 5.92 Å². The fourth-order valence-corrected chi connectivity index (χ4v) is 2.89. The first-order chi connectivity index (χ1) is 9.63. The van der Waals surface area contributed by atoms with Gasteiger partial charge in [-0.25, -0.2) is 0 Å². The van der Waals surface area contributed by atoms with Gasteiger partial charge in [-0.15, -0.1) is 0 Å². The molecule has 1 amide bonds. The van der Waals surface area contributed by atoms with Gasteiger partial charge in [0.15, 0.2) is 0 Å². The van der Waals surface area contributed by atoms with Crippen LogP contribution in [0.4, 0.5) is 5.69 Å². The maximum atomic E-state index is 12.2. The third-order valence-electron chi connectivity index (χ3n) is 4.30. The molecule has 2 aliphatic rings. The molecule has 0 aromatic heterocycles. The molecule has 108 valence electrons. The summed E-state index contributed by atoms with van der Waals surface area (Å²) in [5, 5.41) is 3.64. The third kappa shape index (κ3) is 3.53. The van der Waals surface area contributed by atoms with Gasteiger partial charge in [-0.3, -0.25) is 9.69 Å². The van der Waals surface area contributed by atoms with E-state index in [0.717, 1.165) is 11.6 Å². The van der Waals surface area contributed by atoms with Crippen LogP contribution in [-0.4, -0.2) is 29.4 Å². The quantitative estimate of drug-likeness (QED) is 0.870. The number of rotatable bonds is 6. The van der Waals surface area contributed by atoms with Gasteiger partial charge in [-0.1, -0.05) is 11.6 Å². The number of anilines is 1. The number of amides is 1. The number of carbonyl (C=O) groups excluding carboxylic acids is 1. The Bertz CT molecular complexity index is 480. The van der Waals surface area contributed by atoms with Gasteiger partial charge in [0, 0.05) is 22.8 Å². The Balaban J connectivity index is 1.57. The van der Waals surface area contributed by atoms with Gasteiger partial charge in [0.25, 0.3) is 0 Å². The van der Waals surface area contributed by atoms with E-state index in [-0.39, 0.29) is 5.91 Å². The molecule has 20 heavy (non-hydrogen) atoms. The van der Waals surface area contributed by atoms with Crippen molar-refractivity contribution in [3.63, 3.8) is 0 Å². The summed E-state index contributed by atoms with van der Waals surface area (Å²) in [5.74, 6) is 0.880. The topological polar surface area (TPSA) is 32.3 Å². The highest BCUT2D eigenvalue weighted by molar-refractivity contribution is 6.30. The maximum Gasteiger partial charge on any atom is 0.238 e. The van der Waals surface area contributed by atoms with E-state index in [2.05, 4.69) is 17.1 Å². The second-order valence-electron chi connectivity index (χ2n) is 6.04. The molecule has 3 rings (SSSR count). The van der Waals surface area contributed by atoms with E-state index in [1.165, 1.54) is 25.7 Å². The number of halogens is 1. The second kappa shape index (κ2) is 5.74. The number of benzene rings is 1. The fraction of sp³-hybridized carbons (Fsp3) is 0.562. The zero-order valence-electron chi connectivity index (χ0n) is 11.8. The van der Waals surface area contributed by atoms with Crippen molar-refractivity contribution < 1.29 is 4.79 Å². The van der Waals surface area contributed by atoms with Gasteiger partial charge in [0.05, 0.1) is 6.54 Å². The van der Waals surface area contributed by atoms with E-state index in [9.17, 15) is 4.79 Å². The van der Waals surface area contributed by atoms with E-state index in [1.807, 2.05) is 12.1 Å². The average molecular weight is 293 g/mol. The number of hydrogen-bond donors (Lipinski definition) is 1. The lowest BCUT2D eigenvalue weighted by Gasteiger charge is -2.28. The van der Waals surface area contributed by atoms with Crippen LogP contribution in [0, 0.1) is 5.92 Å². The summed E-state index contributed by atoms with van der Waals surface area (Å²) >= 11 is 5.84. The predicted molar refractivity (Wildman–Crippen MR) is 82.0 cm³/mol. The van der Waals surface area contributed by atoms with Gasteiger partial charge in [-0.05, 0) is 62.8 Å². The van der Waals surface area contributed by atoms with Gasteiger partial charge >= 0.3 is 0 Å². The summed E-state index contributed by atoms with van der Waals surface area (Å²) in [5.41, 5.74) is 0.814. The van der Waals surface area contributed by atoms with Crippen LogP contribution < -0.4 is 5.32 Å². The van der Waals surface area contributed by atoms with Crippen LogP contribution in [0.2, 0.25) is 5.02 Å². The van der Waals surface area contributed by atoms with Crippen LogP contribution in [0.3, 0.4) is 0 Å². The van der Waals surface area contributed by atoms with Gasteiger partial charge < -0.3 is 5.32 Å². The van der Waals surface area contributed by atoms with Crippen molar-refractivity contribution >= 4 is 23.2 Å². The molecule has 1 N–H and O–H groups in total. The van der Waals surface area contributed by atoms with Crippen molar-refractivity contribution in [1.29, 1.82) is 0 Å². The molecule has 1 aromatic rings. The number of nitrogens with one attached hydrogen (secondary N) is 1. The summed E-state index contributed by atoms with van der Waals surface area (Å²) in [4.78, 5) is 14.6. The molecule has 3 nitrogen and oxygen atoms in total. The highest BCUT2D eigenvalue weighted by Gasteiger charge is 2.39. The molecule has 2 saturated carbocycles. The van der Waals surface area contributed by atoms with Crippen molar-refractivity contribution in [3.8, 4) is 0 Å². The van der Waals surface area contributed by atoms with E-state index in [4.69, 9.17) is 11.6 Å². The molecule has 0 heterocycles. The first-order valence-corrected chi connectivity index (χ1v) is 7.82. The van der Waals surface area contributed by atoms with Gasteiger partial charge in [0.1, 0.15) is 0 Å². The van der Waals surface area contributed by atoms with Crippen LogP contribution in [0.25, 0.3) is 0 Å². The minimum atomic E-state index is 0.0757. The highest BCUT2D eigenvalue weighted by atomic mass is 35.5. The summed E-state index contributed by atoms with van der Waals surface area (Å²) in [6.07, 6.45) is 5.13. The minimum absolute atomic E-state index is 0.0757. The lowest BCUT2D eigenvalue weighted by atomic mass is 10.1. The Morgan fingerprint density at radius 1 is 1.30 bits per heavy atom. The molecule has 0 aliphatic heterocycles. The monoisotopic (exact) mass is 292 g/mol. The summed E-state index contributed by atoms with van der Waals surface area (Å²) in [6, 6.07) is 8.43. The Hall–Kier alpha value is -1.06. The SMILES string of the molecule is CC(C1CC1)N(CC(=O)Nc1ccc(Cl)cc1)C1CC1. The van der Waals surface area contributed by atoms with Gasteiger partial charge in [0.2, 0.25) is 5.91 Å². The Morgan fingerprint density at radius 2 is 1.95 bits per heavy atom. The van der Waals surface area contributed by atoms with Crippen molar-refractivity contribution in [3.05, 3.63) is 29.3 Å². The number of nitrogens with zero attached hydrogens (tertiary/aromatic N) is 1. The molecule has 2 aliphatic carbocycles. The predicted octanol–water partition coefficient (Wildman–Crippen LogP) is 3.54. The lowest BCUT2D eigenvalue weighted by Crippen LogP contribution is -2.42. The molecule has 2 fully saturated rings. The standard InChI is InChI=1S/C16H21ClN2O/c1-11(12-2-3-12)19(15-8-9-15)10-16(20)18-14-6-4-13(17)5-7-14/h4-7,11-12,15H,2-3,8-10H2,1H3,(H,18,20). The van der Waals surface area contributed by atoms with Crippen LogP contribution in [0.15, 0.2) is 24.3 Å². The normalized spacial score (nSPS) is 19.9. The molecule has 0 saturated heterocycles. The first kappa shape index (κ1) is 13.9.